The van der Waals surface area contributed by atoms with Gasteiger partial charge in [-0.1, -0.05) is 88.4 Å². The van der Waals surface area contributed by atoms with E-state index >= 15 is 0 Å². The molecular weight excluding hydrogens is 366 g/mol. The van der Waals surface area contributed by atoms with E-state index in [0.717, 1.165) is 0 Å². The molecule has 2 aromatic carbocycles. The van der Waals surface area contributed by atoms with E-state index < -0.39 is 18.2 Å². The van der Waals surface area contributed by atoms with E-state index in [9.17, 15) is 14.7 Å². The molecule has 0 saturated heterocycles. The molecule has 1 N–H and O–H groups in total. The van der Waals surface area contributed by atoms with Crippen LogP contribution in [0.1, 0.15) is 38.8 Å². The summed E-state index contributed by atoms with van der Waals surface area (Å²) in [7, 11) is 0. The van der Waals surface area contributed by atoms with Crippen LogP contribution < -0.4 is 0 Å². The first kappa shape index (κ1) is 22.6. The van der Waals surface area contributed by atoms with Gasteiger partial charge in [0.05, 0.1) is 0 Å². The van der Waals surface area contributed by atoms with E-state index in [1.807, 2.05) is 27.7 Å². The molecule has 0 saturated carbocycles. The average molecular weight is 398 g/mol. The van der Waals surface area contributed by atoms with Crippen molar-refractivity contribution in [2.75, 3.05) is 19.7 Å². The van der Waals surface area contributed by atoms with Gasteiger partial charge in [-0.25, -0.2) is 4.79 Å². The molecule has 2 rings (SSSR count). The van der Waals surface area contributed by atoms with Crippen molar-refractivity contribution in [1.82, 2.24) is 4.90 Å². The first-order chi connectivity index (χ1) is 13.7. The molecular formula is C24H31NO4. The van der Waals surface area contributed by atoms with Crippen molar-refractivity contribution in [3.63, 3.8) is 0 Å². The molecule has 0 aromatic heterocycles. The van der Waals surface area contributed by atoms with Crippen LogP contribution in [0.2, 0.25) is 0 Å². The fourth-order valence-corrected chi connectivity index (χ4v) is 3.24. The molecule has 0 spiro atoms. The van der Waals surface area contributed by atoms with Crippen LogP contribution in [0.5, 0.6) is 0 Å². The predicted molar refractivity (Wildman–Crippen MR) is 113 cm³/mol. The Hall–Kier alpha value is -2.66. The molecule has 0 fully saturated rings. The average Bonchev–Trinajstić information content (AvgIpc) is 2.71. The highest BCUT2D eigenvalue weighted by Gasteiger charge is 2.42. The molecule has 5 heteroatoms. The van der Waals surface area contributed by atoms with Gasteiger partial charge in [-0.2, -0.15) is 0 Å². The number of hydrogen-bond donors (Lipinski definition) is 1. The van der Waals surface area contributed by atoms with Crippen LogP contribution in [0.25, 0.3) is 0 Å². The maximum atomic E-state index is 13.0. The zero-order chi connectivity index (χ0) is 21.4. The Morgan fingerprint density at radius 1 is 0.862 bits per heavy atom. The summed E-state index contributed by atoms with van der Waals surface area (Å²) in [5.41, 5.74) is -1.20. The number of esters is 1. The fraction of sp³-hybridized carbons (Fsp3) is 0.417. The Bertz CT molecular complexity index is 738. The number of rotatable bonds is 9. The minimum atomic E-state index is -1.98. The summed E-state index contributed by atoms with van der Waals surface area (Å²) in [5.74, 6) is -0.514. The summed E-state index contributed by atoms with van der Waals surface area (Å²) in [6.45, 7) is 8.94. The van der Waals surface area contributed by atoms with Crippen molar-refractivity contribution in [1.29, 1.82) is 0 Å². The Morgan fingerprint density at radius 2 is 1.28 bits per heavy atom. The highest BCUT2D eigenvalue weighted by Crippen LogP contribution is 2.31. The highest BCUT2D eigenvalue weighted by atomic mass is 16.6. The Labute approximate surface area is 173 Å². The van der Waals surface area contributed by atoms with E-state index in [0.29, 0.717) is 36.1 Å². The SMILES string of the molecule is CC(C)CN(CC(C)C)C(=O)COC(=O)C(O)(c1ccccc1)c1ccccc1. The van der Waals surface area contributed by atoms with E-state index in [2.05, 4.69) is 0 Å². The molecule has 0 unspecified atom stereocenters. The lowest BCUT2D eigenvalue weighted by Crippen LogP contribution is -2.43. The van der Waals surface area contributed by atoms with E-state index in [1.54, 1.807) is 65.6 Å². The second-order valence-electron chi connectivity index (χ2n) is 8.11. The van der Waals surface area contributed by atoms with Gasteiger partial charge < -0.3 is 14.7 Å². The zero-order valence-corrected chi connectivity index (χ0v) is 17.7. The number of carbonyl (C=O) groups is 2. The fourth-order valence-electron chi connectivity index (χ4n) is 3.24. The molecule has 29 heavy (non-hydrogen) atoms. The van der Waals surface area contributed by atoms with Crippen molar-refractivity contribution in [3.8, 4) is 0 Å². The summed E-state index contributed by atoms with van der Waals surface area (Å²) in [5, 5.41) is 11.4. The predicted octanol–water partition coefficient (Wildman–Crippen LogP) is 3.61. The second kappa shape index (κ2) is 10.2. The van der Waals surface area contributed by atoms with E-state index in [-0.39, 0.29) is 5.91 Å². The minimum Gasteiger partial charge on any atom is -0.453 e. The molecule has 0 aliphatic carbocycles. The lowest BCUT2D eigenvalue weighted by molar-refractivity contribution is -0.166. The zero-order valence-electron chi connectivity index (χ0n) is 17.7. The highest BCUT2D eigenvalue weighted by molar-refractivity contribution is 5.88. The molecule has 0 aliphatic rings. The summed E-state index contributed by atoms with van der Waals surface area (Å²) in [6.07, 6.45) is 0. The quantitative estimate of drug-likeness (QED) is 0.657. The molecule has 2 aromatic rings. The van der Waals surface area contributed by atoms with Crippen LogP contribution in [0.15, 0.2) is 60.7 Å². The lowest BCUT2D eigenvalue weighted by Gasteiger charge is -2.29. The van der Waals surface area contributed by atoms with E-state index in [4.69, 9.17) is 4.74 Å². The smallest absolute Gasteiger partial charge is 0.348 e. The molecule has 0 atom stereocenters. The number of amides is 1. The van der Waals surface area contributed by atoms with Crippen molar-refractivity contribution < 1.29 is 19.4 Å². The number of carbonyl (C=O) groups excluding carboxylic acids is 2. The van der Waals surface area contributed by atoms with Gasteiger partial charge in [-0.05, 0) is 23.0 Å². The summed E-state index contributed by atoms with van der Waals surface area (Å²) >= 11 is 0. The molecule has 0 bridgehead atoms. The summed E-state index contributed by atoms with van der Waals surface area (Å²) in [4.78, 5) is 27.4. The van der Waals surface area contributed by atoms with Crippen LogP contribution in [0.4, 0.5) is 0 Å². The molecule has 1 amide bonds. The van der Waals surface area contributed by atoms with Crippen LogP contribution in [0, 0.1) is 11.8 Å². The molecule has 156 valence electrons. The number of nitrogens with zero attached hydrogens (tertiary/aromatic N) is 1. The third-order valence-corrected chi connectivity index (χ3v) is 4.53. The van der Waals surface area contributed by atoms with E-state index in [1.165, 1.54) is 0 Å². The van der Waals surface area contributed by atoms with Crippen molar-refractivity contribution in [2.45, 2.75) is 33.3 Å². The minimum absolute atomic E-state index is 0.260. The van der Waals surface area contributed by atoms with Gasteiger partial charge >= 0.3 is 5.97 Å². The van der Waals surface area contributed by atoms with Gasteiger partial charge in [0, 0.05) is 13.1 Å². The maximum absolute atomic E-state index is 13.0. The van der Waals surface area contributed by atoms with Crippen LogP contribution in [-0.2, 0) is 19.9 Å². The van der Waals surface area contributed by atoms with Gasteiger partial charge in [0.25, 0.3) is 5.91 Å². The Kier molecular flexibility index (Phi) is 7.97. The maximum Gasteiger partial charge on any atom is 0.348 e. The normalized spacial score (nSPS) is 11.6. The Morgan fingerprint density at radius 3 is 1.66 bits per heavy atom. The number of benzene rings is 2. The molecule has 0 heterocycles. The van der Waals surface area contributed by atoms with Gasteiger partial charge in [0.2, 0.25) is 5.60 Å². The van der Waals surface area contributed by atoms with Gasteiger partial charge in [-0.3, -0.25) is 4.79 Å². The first-order valence-corrected chi connectivity index (χ1v) is 10.0. The summed E-state index contributed by atoms with van der Waals surface area (Å²) < 4.78 is 5.34. The van der Waals surface area contributed by atoms with Crippen molar-refractivity contribution in [2.24, 2.45) is 11.8 Å². The number of hydrogen-bond acceptors (Lipinski definition) is 4. The van der Waals surface area contributed by atoms with Gasteiger partial charge in [-0.15, -0.1) is 0 Å². The molecule has 5 nitrogen and oxygen atoms in total. The summed E-state index contributed by atoms with van der Waals surface area (Å²) in [6, 6.07) is 17.3. The molecule has 0 radical (unpaired) electrons. The first-order valence-electron chi connectivity index (χ1n) is 10.0. The topological polar surface area (TPSA) is 66.8 Å². The third-order valence-electron chi connectivity index (χ3n) is 4.53. The van der Waals surface area contributed by atoms with Gasteiger partial charge in [0.1, 0.15) is 0 Å². The van der Waals surface area contributed by atoms with Crippen LogP contribution in [0.3, 0.4) is 0 Å². The Balaban J connectivity index is 2.21. The van der Waals surface area contributed by atoms with Crippen molar-refractivity contribution in [3.05, 3.63) is 71.8 Å². The third kappa shape index (κ3) is 5.91. The van der Waals surface area contributed by atoms with Crippen molar-refractivity contribution >= 4 is 11.9 Å². The number of ether oxygens (including phenoxy) is 1. The lowest BCUT2D eigenvalue weighted by atomic mass is 9.86. The largest absolute Gasteiger partial charge is 0.453 e. The molecule has 0 aliphatic heterocycles. The number of aliphatic hydroxyl groups is 1. The standard InChI is InChI=1S/C24H31NO4/c1-18(2)15-25(16-19(3)4)22(26)17-29-23(27)24(28,20-11-7-5-8-12-20)21-13-9-6-10-14-21/h5-14,18-19,28H,15-17H2,1-4H3. The van der Waals surface area contributed by atoms with Crippen LogP contribution in [-0.4, -0.2) is 41.6 Å². The van der Waals surface area contributed by atoms with Gasteiger partial charge in [0.15, 0.2) is 6.61 Å². The second-order valence-corrected chi connectivity index (χ2v) is 8.11. The van der Waals surface area contributed by atoms with Crippen LogP contribution >= 0.6 is 0 Å². The monoisotopic (exact) mass is 397 g/mol.